The van der Waals surface area contributed by atoms with Crippen molar-refractivity contribution in [1.82, 2.24) is 10.6 Å². The fraction of sp³-hybridized carbons (Fsp3) is 0.609. The number of Topliss-reactive ketones (excluding diaryl/α,β-unsaturated/α-hetero) is 1. The van der Waals surface area contributed by atoms with Gasteiger partial charge in [0, 0.05) is 24.4 Å². The van der Waals surface area contributed by atoms with Gasteiger partial charge in [-0.3, -0.25) is 14.2 Å². The van der Waals surface area contributed by atoms with Crippen molar-refractivity contribution in [3.05, 3.63) is 35.9 Å². The second-order valence-electron chi connectivity index (χ2n) is 9.35. The molecule has 1 aromatic rings. The van der Waals surface area contributed by atoms with Crippen molar-refractivity contribution in [2.75, 3.05) is 19.4 Å². The van der Waals surface area contributed by atoms with Gasteiger partial charge in [0.2, 0.25) is 5.91 Å². The van der Waals surface area contributed by atoms with Crippen LogP contribution in [0.15, 0.2) is 30.3 Å². The minimum atomic E-state index is -4.54. The summed E-state index contributed by atoms with van der Waals surface area (Å²) in [5.41, 5.74) is -1.57. The quantitative estimate of drug-likeness (QED) is 0.0981. The predicted molar refractivity (Wildman–Crippen MR) is 130 cm³/mol. The number of nitrogens with one attached hydrogen (secondary N) is 2. The van der Waals surface area contributed by atoms with Crippen molar-refractivity contribution in [3.8, 4) is 0 Å². The van der Waals surface area contributed by atoms with E-state index >= 15 is 0 Å². The van der Waals surface area contributed by atoms with Gasteiger partial charge in [-0.05, 0) is 19.8 Å². The van der Waals surface area contributed by atoms with E-state index in [1.165, 1.54) is 0 Å². The average Bonchev–Trinajstić information content (AvgIpc) is 3.10. The lowest BCUT2D eigenvalue weighted by Crippen LogP contribution is -2.55. The first kappa shape index (κ1) is 31.0. The zero-order chi connectivity index (χ0) is 27.8. The number of benzene rings is 1. The standard InChI is InChI=1S/C23H35N2O11P/c1-23(22(32)33,25-19(29)9-5-8-18(28)14-6-3-2-4-7-14)13-36-37(34,35)12-15(27)10-16-20(30)21(31)17(11-26)24-16/h2-4,6-7,15-17,20-21,24,26-27,30-31H,5,8-13H2,1H3,(H,25,29)(H,32,33)(H,34,35)/t15-,16-,17-,20-,21-,23?/m1/s1. The molecule has 1 aliphatic heterocycles. The topological polar surface area (TPSA) is 223 Å². The Kier molecular flexibility index (Phi) is 11.3. The van der Waals surface area contributed by atoms with Gasteiger partial charge < -0.3 is 45.6 Å². The molecule has 0 saturated carbocycles. The van der Waals surface area contributed by atoms with Gasteiger partial charge in [-0.15, -0.1) is 0 Å². The molecule has 1 fully saturated rings. The van der Waals surface area contributed by atoms with E-state index in [1.807, 2.05) is 0 Å². The fourth-order valence-electron chi connectivity index (χ4n) is 3.93. The lowest BCUT2D eigenvalue weighted by atomic mass is 10.0. The highest BCUT2D eigenvalue weighted by Gasteiger charge is 2.42. The maximum absolute atomic E-state index is 12.5. The van der Waals surface area contributed by atoms with Crippen LogP contribution in [0.3, 0.4) is 0 Å². The first-order valence-electron chi connectivity index (χ1n) is 11.8. The molecule has 14 heteroatoms. The van der Waals surface area contributed by atoms with Crippen LogP contribution in [0.5, 0.6) is 0 Å². The van der Waals surface area contributed by atoms with E-state index in [-0.39, 0.29) is 31.5 Å². The molecule has 0 aromatic heterocycles. The number of ketones is 1. The number of carboxylic acid groups (broad SMARTS) is 1. The van der Waals surface area contributed by atoms with Gasteiger partial charge in [-0.2, -0.15) is 0 Å². The van der Waals surface area contributed by atoms with E-state index in [0.717, 1.165) is 6.92 Å². The third-order valence-corrected chi connectivity index (χ3v) is 7.53. The van der Waals surface area contributed by atoms with E-state index in [1.54, 1.807) is 30.3 Å². The number of rotatable bonds is 15. The van der Waals surface area contributed by atoms with Gasteiger partial charge in [0.15, 0.2) is 11.3 Å². The normalized spacial score (nSPS) is 25.6. The molecule has 0 radical (unpaired) electrons. The van der Waals surface area contributed by atoms with Gasteiger partial charge in [-0.25, -0.2) is 4.79 Å². The highest BCUT2D eigenvalue weighted by atomic mass is 31.2. The molecule has 1 aromatic carbocycles. The number of hydrogen-bond donors (Lipinski definition) is 8. The van der Waals surface area contributed by atoms with E-state index in [4.69, 9.17) is 4.52 Å². The third kappa shape index (κ3) is 9.24. The molecule has 8 N–H and O–H groups in total. The Hall–Kier alpha value is -2.22. The summed E-state index contributed by atoms with van der Waals surface area (Å²) in [4.78, 5) is 46.3. The highest BCUT2D eigenvalue weighted by molar-refractivity contribution is 7.52. The maximum Gasteiger partial charge on any atom is 0.331 e. The minimum Gasteiger partial charge on any atom is -0.479 e. The largest absolute Gasteiger partial charge is 0.479 e. The number of aliphatic hydroxyl groups excluding tert-OH is 4. The molecule has 0 spiro atoms. The monoisotopic (exact) mass is 546 g/mol. The van der Waals surface area contributed by atoms with Gasteiger partial charge in [0.05, 0.1) is 43.7 Å². The van der Waals surface area contributed by atoms with Crippen LogP contribution in [0.4, 0.5) is 0 Å². The van der Waals surface area contributed by atoms with E-state index in [2.05, 4.69) is 10.6 Å². The first-order chi connectivity index (χ1) is 17.3. The molecule has 1 aliphatic rings. The minimum absolute atomic E-state index is 0.0715. The van der Waals surface area contributed by atoms with Gasteiger partial charge in [-0.1, -0.05) is 30.3 Å². The van der Waals surface area contributed by atoms with Crippen LogP contribution >= 0.6 is 7.60 Å². The Morgan fingerprint density at radius 3 is 2.32 bits per heavy atom. The molecule has 0 bridgehead atoms. The molecule has 37 heavy (non-hydrogen) atoms. The van der Waals surface area contributed by atoms with Crippen LogP contribution in [0.1, 0.15) is 43.0 Å². The van der Waals surface area contributed by atoms with Crippen LogP contribution in [-0.4, -0.2) is 103 Å². The van der Waals surface area contributed by atoms with Crippen molar-refractivity contribution in [2.45, 2.75) is 68.5 Å². The van der Waals surface area contributed by atoms with Crippen molar-refractivity contribution >= 4 is 25.3 Å². The fourth-order valence-corrected chi connectivity index (χ4v) is 5.18. The Morgan fingerprint density at radius 1 is 1.14 bits per heavy atom. The molecule has 1 heterocycles. The second-order valence-corrected chi connectivity index (χ2v) is 11.3. The van der Waals surface area contributed by atoms with Crippen LogP contribution in [0.25, 0.3) is 0 Å². The molecule has 1 saturated heterocycles. The summed E-state index contributed by atoms with van der Waals surface area (Å²) >= 11 is 0. The van der Waals surface area contributed by atoms with Gasteiger partial charge in [0.25, 0.3) is 0 Å². The Bertz CT molecular complexity index is 979. The predicted octanol–water partition coefficient (Wildman–Crippen LogP) is -0.993. The lowest BCUT2D eigenvalue weighted by Gasteiger charge is -2.28. The first-order valence-corrected chi connectivity index (χ1v) is 13.5. The Balaban J connectivity index is 1.84. The lowest BCUT2D eigenvalue weighted by molar-refractivity contribution is -0.148. The summed E-state index contributed by atoms with van der Waals surface area (Å²) in [6.07, 6.45) is -5.06. The van der Waals surface area contributed by atoms with Crippen LogP contribution < -0.4 is 10.6 Å². The maximum atomic E-state index is 12.5. The number of amides is 1. The molecular weight excluding hydrogens is 511 g/mol. The number of aliphatic hydroxyl groups is 4. The Labute approximate surface area is 214 Å². The summed E-state index contributed by atoms with van der Waals surface area (Å²) < 4.78 is 17.4. The molecule has 208 valence electrons. The third-order valence-electron chi connectivity index (χ3n) is 6.11. The summed E-state index contributed by atoms with van der Waals surface area (Å²) in [5.74, 6) is -2.39. The zero-order valence-electron chi connectivity index (χ0n) is 20.4. The molecule has 2 unspecified atom stereocenters. The van der Waals surface area contributed by atoms with E-state index < -0.39 is 74.8 Å². The summed E-state index contributed by atoms with van der Waals surface area (Å²) in [5, 5.41) is 53.7. The van der Waals surface area contributed by atoms with Crippen LogP contribution in [0, 0.1) is 0 Å². The number of carbonyl (C=O) groups excluding carboxylic acids is 2. The van der Waals surface area contributed by atoms with Crippen LogP contribution in [-0.2, 0) is 18.7 Å². The molecule has 7 atom stereocenters. The smallest absolute Gasteiger partial charge is 0.331 e. The van der Waals surface area contributed by atoms with Gasteiger partial charge >= 0.3 is 13.6 Å². The van der Waals surface area contributed by atoms with Crippen LogP contribution in [0.2, 0.25) is 0 Å². The van der Waals surface area contributed by atoms with Crippen molar-refractivity contribution < 1.29 is 53.9 Å². The van der Waals surface area contributed by atoms with Crippen molar-refractivity contribution in [2.24, 2.45) is 0 Å². The van der Waals surface area contributed by atoms with Crippen molar-refractivity contribution in [1.29, 1.82) is 0 Å². The van der Waals surface area contributed by atoms with E-state index in [9.17, 15) is 49.4 Å². The van der Waals surface area contributed by atoms with E-state index in [0.29, 0.717) is 5.56 Å². The molecule has 0 aliphatic carbocycles. The number of hydrogen-bond acceptors (Lipinski definition) is 10. The second kappa shape index (κ2) is 13.5. The average molecular weight is 547 g/mol. The van der Waals surface area contributed by atoms with Gasteiger partial charge in [0.1, 0.15) is 0 Å². The zero-order valence-corrected chi connectivity index (χ0v) is 21.3. The SMILES string of the molecule is CC(COP(=O)(O)C[C@H](O)C[C@H]1N[C@H](CO)[C@@H](O)[C@@H]1O)(NC(=O)CCCC(=O)c1ccccc1)C(=O)O. The number of aliphatic carboxylic acids is 1. The number of carbonyl (C=O) groups is 3. The molecule has 1 amide bonds. The highest BCUT2D eigenvalue weighted by Crippen LogP contribution is 2.44. The molecule has 2 rings (SSSR count). The molecule has 13 nitrogen and oxygen atoms in total. The number of carboxylic acids is 1. The summed E-state index contributed by atoms with van der Waals surface area (Å²) in [6, 6.07) is 6.80. The summed E-state index contributed by atoms with van der Waals surface area (Å²) in [7, 11) is -4.54. The Morgan fingerprint density at radius 2 is 1.76 bits per heavy atom. The summed E-state index contributed by atoms with van der Waals surface area (Å²) in [6.45, 7) is -0.254. The molecular formula is C23H35N2O11P. The van der Waals surface area contributed by atoms with Crippen molar-refractivity contribution in [3.63, 3.8) is 0 Å².